The van der Waals surface area contributed by atoms with E-state index in [1.54, 1.807) is 0 Å². The number of carbonyl (C=O) groups excluding carboxylic acids is 1. The molecular weight excluding hydrogens is 191 g/mol. The molecule has 1 aliphatic heterocycles. The molecule has 0 saturated carbocycles. The van der Waals surface area contributed by atoms with E-state index < -0.39 is 12.7 Å². The van der Waals surface area contributed by atoms with Crippen LogP contribution in [-0.4, -0.2) is 22.4 Å². The molecule has 0 radical (unpaired) electrons. The van der Waals surface area contributed by atoms with Crippen LogP contribution in [0.15, 0.2) is 11.8 Å². The highest BCUT2D eigenvalue weighted by Crippen LogP contribution is 2.39. The first-order valence-corrected chi connectivity index (χ1v) is 5.22. The second kappa shape index (κ2) is 2.91. The molecule has 0 aromatic rings. The molecule has 0 aliphatic carbocycles. The van der Waals surface area contributed by atoms with E-state index in [0.717, 1.165) is 6.08 Å². The molecule has 2 N–H and O–H groups in total. The third kappa shape index (κ3) is 2.98. The maximum atomic E-state index is 10.4. The second-order valence-corrected chi connectivity index (χ2v) is 4.39. The van der Waals surface area contributed by atoms with Crippen molar-refractivity contribution in [2.75, 3.05) is 6.61 Å². The molecule has 5 nitrogen and oxygen atoms in total. The Bertz CT molecular complexity index is 253. The van der Waals surface area contributed by atoms with Crippen LogP contribution in [0, 0.1) is 0 Å². The Morgan fingerprint density at radius 3 is 2.73 bits per heavy atom. The number of rotatable bonds is 2. The second-order valence-electron chi connectivity index (χ2n) is 1.80. The molecule has 62 valence electrons. The largest absolute Gasteiger partial charge is 0.454 e. The fourth-order valence-corrected chi connectivity index (χ4v) is 1.26. The maximum Gasteiger partial charge on any atom is 0.375 e. The molecule has 1 heterocycles. The molecule has 1 aliphatic rings. The van der Waals surface area contributed by atoms with Crippen molar-refractivity contribution in [2.45, 2.75) is 0 Å². The van der Waals surface area contributed by atoms with Gasteiger partial charge in [0.1, 0.15) is 6.61 Å². The molecule has 7 heteroatoms. The summed E-state index contributed by atoms with van der Waals surface area (Å²) in [6.45, 7) is -3.79. The summed E-state index contributed by atoms with van der Waals surface area (Å²) in [7, 11) is 0. The van der Waals surface area contributed by atoms with Crippen molar-refractivity contribution in [3.8, 4) is 0 Å². The summed E-state index contributed by atoms with van der Waals surface area (Å²) in [6.07, 6.45) is 1.02. The Kier molecular flexibility index (Phi) is 2.29. The highest BCUT2D eigenvalue weighted by molar-refractivity contribution is 8.06. The van der Waals surface area contributed by atoms with E-state index in [-0.39, 0.29) is 12.4 Å². The van der Waals surface area contributed by atoms with Crippen LogP contribution in [0.4, 0.5) is 0 Å². The predicted molar refractivity (Wildman–Crippen MR) is 38.8 cm³/mol. The smallest absolute Gasteiger partial charge is 0.375 e. The lowest BCUT2D eigenvalue weighted by atomic mass is 10.5. The number of hydrogen-bond acceptors (Lipinski definition) is 4. The Labute approximate surface area is 67.5 Å². The predicted octanol–water partition coefficient (Wildman–Crippen LogP) is -0.347. The first-order valence-electron chi connectivity index (χ1n) is 2.60. The van der Waals surface area contributed by atoms with Crippen molar-refractivity contribution in [3.63, 3.8) is 0 Å². The molecule has 0 spiro atoms. The zero-order valence-corrected chi connectivity index (χ0v) is 6.97. The summed E-state index contributed by atoms with van der Waals surface area (Å²) in [5.41, 5.74) is 0. The molecule has 0 aromatic heterocycles. The minimum Gasteiger partial charge on any atom is -0.454 e. The van der Waals surface area contributed by atoms with E-state index >= 15 is 0 Å². The fourth-order valence-electron chi connectivity index (χ4n) is 0.562. The molecule has 0 saturated heterocycles. The van der Waals surface area contributed by atoms with Crippen LogP contribution in [0.25, 0.3) is 0 Å². The van der Waals surface area contributed by atoms with Crippen LogP contribution in [0.2, 0.25) is 0 Å². The molecule has 0 amide bonds. The number of hydrogen-bond donors (Lipinski definition) is 2. The summed E-state index contributed by atoms with van der Waals surface area (Å²) in [4.78, 5) is 27.6. The zero-order chi connectivity index (χ0) is 8.48. The van der Waals surface area contributed by atoms with Crippen molar-refractivity contribution in [1.29, 1.82) is 0 Å². The van der Waals surface area contributed by atoms with Gasteiger partial charge in [0.25, 0.3) is 0 Å². The van der Waals surface area contributed by atoms with Crippen LogP contribution in [0.5, 0.6) is 0 Å². The standard InChI is InChI=1S/C4H5O5PS/c5-4-1-3(2-8-4)9-10(6,7)11/h1H,2H2,(H2,6,7,11). The minimum atomic E-state index is -3.71. The van der Waals surface area contributed by atoms with Gasteiger partial charge >= 0.3 is 12.7 Å². The van der Waals surface area contributed by atoms with Gasteiger partial charge in [0, 0.05) is 11.8 Å². The number of carbonyl (C=O) groups is 1. The molecule has 0 unspecified atom stereocenters. The van der Waals surface area contributed by atoms with Gasteiger partial charge in [-0.15, -0.1) is 0 Å². The van der Waals surface area contributed by atoms with Gasteiger partial charge in [-0.05, 0) is 0 Å². The van der Waals surface area contributed by atoms with Crippen molar-refractivity contribution in [2.24, 2.45) is 0 Å². The average molecular weight is 196 g/mol. The van der Waals surface area contributed by atoms with Gasteiger partial charge in [-0.3, -0.25) is 0 Å². The highest BCUT2D eigenvalue weighted by Gasteiger charge is 2.19. The van der Waals surface area contributed by atoms with Gasteiger partial charge in [0.2, 0.25) is 0 Å². The SMILES string of the molecule is O=C1C=C(OP(O)(O)=S)CO1. The summed E-state index contributed by atoms with van der Waals surface area (Å²) in [5.74, 6) is -0.508. The van der Waals surface area contributed by atoms with Gasteiger partial charge in [-0.25, -0.2) is 4.79 Å². The zero-order valence-electron chi connectivity index (χ0n) is 5.26. The van der Waals surface area contributed by atoms with Gasteiger partial charge in [0.05, 0.1) is 6.08 Å². The molecule has 0 bridgehead atoms. The van der Waals surface area contributed by atoms with Crippen LogP contribution in [0.1, 0.15) is 0 Å². The first kappa shape index (κ1) is 8.67. The Balaban J connectivity index is 2.59. The van der Waals surface area contributed by atoms with Crippen molar-refractivity contribution in [1.82, 2.24) is 0 Å². The maximum absolute atomic E-state index is 10.4. The van der Waals surface area contributed by atoms with Gasteiger partial charge in [-0.1, -0.05) is 0 Å². The quantitative estimate of drug-likeness (QED) is 0.464. The van der Waals surface area contributed by atoms with Gasteiger partial charge in [-0.2, -0.15) is 0 Å². The number of ether oxygens (including phenoxy) is 1. The van der Waals surface area contributed by atoms with Gasteiger partial charge < -0.3 is 19.0 Å². The van der Waals surface area contributed by atoms with Crippen molar-refractivity contribution in [3.05, 3.63) is 11.8 Å². The normalized spacial score (nSPS) is 17.6. The average Bonchev–Trinajstić information content (AvgIpc) is 2.10. The van der Waals surface area contributed by atoms with Crippen LogP contribution in [-0.2, 0) is 25.9 Å². The van der Waals surface area contributed by atoms with Crippen molar-refractivity contribution >= 4 is 24.5 Å². The molecule has 1 rings (SSSR count). The van der Waals surface area contributed by atoms with E-state index in [9.17, 15) is 4.79 Å². The first-order chi connectivity index (χ1) is 4.97. The topological polar surface area (TPSA) is 76.0 Å². The van der Waals surface area contributed by atoms with E-state index in [2.05, 4.69) is 21.1 Å². The lowest BCUT2D eigenvalue weighted by Crippen LogP contribution is -1.93. The van der Waals surface area contributed by atoms with Crippen LogP contribution < -0.4 is 0 Å². The van der Waals surface area contributed by atoms with Crippen LogP contribution in [0.3, 0.4) is 0 Å². The lowest BCUT2D eigenvalue weighted by molar-refractivity contribution is -0.135. The summed E-state index contributed by atoms with van der Waals surface area (Å²) in [5, 5.41) is 0. The Morgan fingerprint density at radius 2 is 2.36 bits per heavy atom. The van der Waals surface area contributed by atoms with Crippen LogP contribution >= 0.6 is 6.72 Å². The third-order valence-corrected chi connectivity index (χ3v) is 1.57. The van der Waals surface area contributed by atoms with E-state index in [1.165, 1.54) is 0 Å². The summed E-state index contributed by atoms with van der Waals surface area (Å²) >= 11 is 4.15. The van der Waals surface area contributed by atoms with E-state index in [0.29, 0.717) is 0 Å². The Hall–Kier alpha value is -0.420. The molecular formula is C4H5O5PS. The van der Waals surface area contributed by atoms with Gasteiger partial charge in [0.15, 0.2) is 5.76 Å². The fraction of sp³-hybridized carbons (Fsp3) is 0.250. The van der Waals surface area contributed by atoms with E-state index in [4.69, 9.17) is 9.79 Å². The molecule has 0 atom stereocenters. The summed E-state index contributed by atoms with van der Waals surface area (Å²) in [6, 6.07) is 0. The highest BCUT2D eigenvalue weighted by atomic mass is 32.5. The monoisotopic (exact) mass is 196 g/mol. The molecule has 0 aromatic carbocycles. The third-order valence-electron chi connectivity index (χ3n) is 0.872. The Morgan fingerprint density at radius 1 is 1.73 bits per heavy atom. The molecule has 0 fully saturated rings. The number of cyclic esters (lactones) is 1. The molecule has 11 heavy (non-hydrogen) atoms. The van der Waals surface area contributed by atoms with Crippen molar-refractivity contribution < 1.29 is 23.8 Å². The number of esters is 1. The van der Waals surface area contributed by atoms with E-state index in [1.807, 2.05) is 0 Å². The summed E-state index contributed by atoms with van der Waals surface area (Å²) < 4.78 is 8.83. The lowest BCUT2D eigenvalue weighted by Gasteiger charge is -2.08. The minimum absolute atomic E-state index is 0.0586.